The van der Waals surface area contributed by atoms with Gasteiger partial charge in [-0.2, -0.15) is 0 Å². The van der Waals surface area contributed by atoms with E-state index in [-0.39, 0.29) is 25.0 Å². The predicted octanol–water partition coefficient (Wildman–Crippen LogP) is 2.91. The van der Waals surface area contributed by atoms with Gasteiger partial charge in [0.25, 0.3) is 0 Å². The Morgan fingerprint density at radius 1 is 1.06 bits per heavy atom. The summed E-state index contributed by atoms with van der Waals surface area (Å²) in [7, 11) is -3.81. The highest BCUT2D eigenvalue weighted by Crippen LogP contribution is 2.36. The summed E-state index contributed by atoms with van der Waals surface area (Å²) in [6.45, 7) is 5.49. The van der Waals surface area contributed by atoms with E-state index in [2.05, 4.69) is 5.32 Å². The molecule has 1 atom stereocenters. The average Bonchev–Trinajstić information content (AvgIpc) is 3.34. The predicted molar refractivity (Wildman–Crippen MR) is 134 cm³/mol. The van der Waals surface area contributed by atoms with Crippen molar-refractivity contribution in [2.45, 2.75) is 46.2 Å². The van der Waals surface area contributed by atoms with Crippen LogP contribution < -0.4 is 19.1 Å². The summed E-state index contributed by atoms with van der Waals surface area (Å²) >= 11 is 0. The number of carbonyl (C=O) groups is 2. The Morgan fingerprint density at radius 2 is 1.77 bits per heavy atom. The first kappa shape index (κ1) is 26.3. The molecule has 3 rings (SSSR count). The van der Waals surface area contributed by atoms with Crippen LogP contribution in [0.5, 0.6) is 11.5 Å². The number of hydrogen-bond acceptors (Lipinski definition) is 6. The van der Waals surface area contributed by atoms with E-state index >= 15 is 0 Å². The molecule has 1 aliphatic heterocycles. The molecule has 0 bridgehead atoms. The van der Waals surface area contributed by atoms with Crippen LogP contribution in [-0.2, 0) is 26.2 Å². The highest BCUT2D eigenvalue weighted by molar-refractivity contribution is 7.92. The summed E-state index contributed by atoms with van der Waals surface area (Å²) in [4.78, 5) is 27.8. The van der Waals surface area contributed by atoms with Gasteiger partial charge < -0.3 is 19.7 Å². The fraction of sp³-hybridized carbons (Fsp3) is 0.440. The molecule has 0 fully saturated rings. The number of anilines is 1. The van der Waals surface area contributed by atoms with E-state index in [1.807, 2.05) is 37.3 Å². The first-order valence-electron chi connectivity index (χ1n) is 11.8. The number of benzene rings is 2. The van der Waals surface area contributed by atoms with E-state index in [9.17, 15) is 18.0 Å². The van der Waals surface area contributed by atoms with Gasteiger partial charge in [0.1, 0.15) is 12.6 Å². The number of hydrogen-bond donors (Lipinski definition) is 1. The molecule has 9 nitrogen and oxygen atoms in total. The summed E-state index contributed by atoms with van der Waals surface area (Å²) in [6, 6.07) is 13.2. The van der Waals surface area contributed by atoms with Gasteiger partial charge in [0.2, 0.25) is 28.6 Å². The molecule has 0 aliphatic carbocycles. The minimum absolute atomic E-state index is 0.0494. The van der Waals surface area contributed by atoms with Gasteiger partial charge in [-0.05, 0) is 38.0 Å². The number of ether oxygens (including phenoxy) is 2. The topological polar surface area (TPSA) is 105 Å². The lowest BCUT2D eigenvalue weighted by molar-refractivity contribution is -0.139. The maximum Gasteiger partial charge on any atom is 0.244 e. The molecule has 10 heteroatoms. The van der Waals surface area contributed by atoms with Gasteiger partial charge in [0.15, 0.2) is 11.5 Å². The number of sulfonamides is 1. The Bertz CT molecular complexity index is 1120. The lowest BCUT2D eigenvalue weighted by Gasteiger charge is -2.32. The number of nitrogens with zero attached hydrogens (tertiary/aromatic N) is 2. The molecule has 0 saturated heterocycles. The van der Waals surface area contributed by atoms with E-state index in [1.165, 1.54) is 11.8 Å². The molecule has 2 amide bonds. The maximum atomic E-state index is 13.6. The Labute approximate surface area is 207 Å². The van der Waals surface area contributed by atoms with E-state index < -0.39 is 28.5 Å². The van der Waals surface area contributed by atoms with Crippen molar-refractivity contribution in [1.29, 1.82) is 0 Å². The van der Waals surface area contributed by atoms with Crippen molar-refractivity contribution >= 4 is 27.5 Å². The standard InChI is InChI=1S/C25H33N3O6S/c1-4-6-14-26-25(30)19(3)27(16-20-10-8-7-9-11-20)24(29)17-28(35(31,32)5-2)21-12-13-22-23(15-21)34-18-33-22/h7-13,15,19H,4-6,14,16-18H2,1-3H3,(H,26,30)/t19-/m1/s1. The molecule has 0 spiro atoms. The van der Waals surface area contributed by atoms with Crippen molar-refractivity contribution < 1.29 is 27.5 Å². The molecule has 190 valence electrons. The zero-order valence-corrected chi connectivity index (χ0v) is 21.2. The third-order valence-corrected chi connectivity index (χ3v) is 7.56. The second kappa shape index (κ2) is 11.9. The quantitative estimate of drug-likeness (QED) is 0.447. The Balaban J connectivity index is 1.89. The molecular weight excluding hydrogens is 470 g/mol. The van der Waals surface area contributed by atoms with Crippen molar-refractivity contribution in [3.8, 4) is 11.5 Å². The van der Waals surface area contributed by atoms with Crippen molar-refractivity contribution in [1.82, 2.24) is 10.2 Å². The van der Waals surface area contributed by atoms with Gasteiger partial charge in [0, 0.05) is 19.2 Å². The Kier molecular flexibility index (Phi) is 8.97. The van der Waals surface area contributed by atoms with Crippen LogP contribution in [0.15, 0.2) is 48.5 Å². The molecular formula is C25H33N3O6S. The monoisotopic (exact) mass is 503 g/mol. The zero-order chi connectivity index (χ0) is 25.4. The van der Waals surface area contributed by atoms with Gasteiger partial charge >= 0.3 is 0 Å². The highest BCUT2D eigenvalue weighted by atomic mass is 32.2. The third kappa shape index (κ3) is 6.66. The number of fused-ring (bicyclic) bond motifs is 1. The van der Waals surface area contributed by atoms with E-state index in [0.717, 1.165) is 22.7 Å². The van der Waals surface area contributed by atoms with Crippen molar-refractivity contribution in [2.75, 3.05) is 29.9 Å². The summed E-state index contributed by atoms with van der Waals surface area (Å²) < 4.78 is 37.8. The number of nitrogens with one attached hydrogen (secondary N) is 1. The summed E-state index contributed by atoms with van der Waals surface area (Å²) in [5, 5.41) is 2.86. The van der Waals surface area contributed by atoms with E-state index in [4.69, 9.17) is 9.47 Å². The van der Waals surface area contributed by atoms with Crippen LogP contribution in [0, 0.1) is 0 Å². The van der Waals surface area contributed by atoms with Crippen molar-refractivity contribution in [2.24, 2.45) is 0 Å². The fourth-order valence-corrected chi connectivity index (χ4v) is 4.71. The largest absolute Gasteiger partial charge is 0.454 e. The van der Waals surface area contributed by atoms with Crippen LogP contribution in [0.4, 0.5) is 5.69 Å². The van der Waals surface area contributed by atoms with Gasteiger partial charge in [-0.25, -0.2) is 8.42 Å². The highest BCUT2D eigenvalue weighted by Gasteiger charge is 2.31. The summed E-state index contributed by atoms with van der Waals surface area (Å²) in [6.07, 6.45) is 1.76. The molecule has 0 radical (unpaired) electrons. The van der Waals surface area contributed by atoms with Gasteiger partial charge in [-0.3, -0.25) is 13.9 Å². The first-order chi connectivity index (χ1) is 16.8. The van der Waals surface area contributed by atoms with Crippen molar-refractivity contribution in [3.63, 3.8) is 0 Å². The normalized spacial score (nSPS) is 13.2. The second-order valence-electron chi connectivity index (χ2n) is 8.27. The number of rotatable bonds is 12. The SMILES string of the molecule is CCCCNC(=O)[C@@H](C)N(Cc1ccccc1)C(=O)CN(c1ccc2c(c1)OCO2)S(=O)(=O)CC. The Morgan fingerprint density at radius 3 is 2.46 bits per heavy atom. The van der Waals surface area contributed by atoms with Crippen LogP contribution >= 0.6 is 0 Å². The molecule has 1 N–H and O–H groups in total. The number of carbonyl (C=O) groups excluding carboxylic acids is 2. The molecule has 35 heavy (non-hydrogen) atoms. The fourth-order valence-electron chi connectivity index (χ4n) is 3.66. The minimum Gasteiger partial charge on any atom is -0.454 e. The number of amides is 2. The first-order valence-corrected chi connectivity index (χ1v) is 13.4. The zero-order valence-electron chi connectivity index (χ0n) is 20.4. The molecule has 0 saturated carbocycles. The maximum absolute atomic E-state index is 13.6. The molecule has 0 unspecified atom stereocenters. The van der Waals surface area contributed by atoms with Crippen LogP contribution in [0.1, 0.15) is 39.2 Å². The van der Waals surface area contributed by atoms with Crippen LogP contribution in [0.2, 0.25) is 0 Å². The summed E-state index contributed by atoms with van der Waals surface area (Å²) in [5.74, 6) is -0.0362. The van der Waals surface area contributed by atoms with Gasteiger partial charge in [-0.1, -0.05) is 43.7 Å². The lowest BCUT2D eigenvalue weighted by Crippen LogP contribution is -2.51. The lowest BCUT2D eigenvalue weighted by atomic mass is 10.1. The molecule has 2 aromatic rings. The van der Waals surface area contributed by atoms with E-state index in [1.54, 1.807) is 25.1 Å². The van der Waals surface area contributed by atoms with Crippen LogP contribution in [0.3, 0.4) is 0 Å². The minimum atomic E-state index is -3.81. The molecule has 0 aromatic heterocycles. The van der Waals surface area contributed by atoms with E-state index in [0.29, 0.717) is 23.7 Å². The van der Waals surface area contributed by atoms with Crippen LogP contribution in [0.25, 0.3) is 0 Å². The third-order valence-electron chi connectivity index (χ3n) is 5.82. The van der Waals surface area contributed by atoms with Gasteiger partial charge in [-0.15, -0.1) is 0 Å². The van der Waals surface area contributed by atoms with Crippen molar-refractivity contribution in [3.05, 3.63) is 54.1 Å². The molecule has 1 heterocycles. The number of unbranched alkanes of at least 4 members (excludes halogenated alkanes) is 1. The molecule has 2 aromatic carbocycles. The van der Waals surface area contributed by atoms with Crippen LogP contribution in [-0.4, -0.2) is 56.8 Å². The average molecular weight is 504 g/mol. The molecule has 1 aliphatic rings. The smallest absolute Gasteiger partial charge is 0.244 e. The van der Waals surface area contributed by atoms with Gasteiger partial charge in [0.05, 0.1) is 11.4 Å². The Hall–Kier alpha value is -3.27. The summed E-state index contributed by atoms with van der Waals surface area (Å²) in [5.41, 5.74) is 1.13. The second-order valence-corrected chi connectivity index (χ2v) is 10.5.